The first-order chi connectivity index (χ1) is 10.9. The molecule has 5 heteroatoms. The Bertz CT molecular complexity index is 717. The lowest BCUT2D eigenvalue weighted by Crippen LogP contribution is -2.52. The minimum atomic E-state index is -0.206. The molecule has 1 unspecified atom stereocenters. The Kier molecular flexibility index (Phi) is 4.15. The summed E-state index contributed by atoms with van der Waals surface area (Å²) in [5.74, 6) is -0.198. The van der Waals surface area contributed by atoms with Crippen LogP contribution < -0.4 is 5.32 Å². The van der Waals surface area contributed by atoms with Crippen molar-refractivity contribution in [2.24, 2.45) is 0 Å². The molecule has 0 amide bonds. The largest absolute Gasteiger partial charge is 0.358 e. The Morgan fingerprint density at radius 3 is 2.61 bits per heavy atom. The number of thiocarbonyl (C=S) groups is 1. The van der Waals surface area contributed by atoms with Crippen LogP contribution >= 0.6 is 12.2 Å². The van der Waals surface area contributed by atoms with Gasteiger partial charge in [-0.25, -0.2) is 4.39 Å². The van der Waals surface area contributed by atoms with E-state index in [4.69, 9.17) is 12.2 Å². The maximum absolute atomic E-state index is 14.4. The van der Waals surface area contributed by atoms with Gasteiger partial charge in [0.2, 0.25) is 0 Å². The molecule has 3 nitrogen and oxygen atoms in total. The van der Waals surface area contributed by atoms with E-state index in [9.17, 15) is 4.39 Å². The van der Waals surface area contributed by atoms with E-state index in [1.54, 1.807) is 6.07 Å². The summed E-state index contributed by atoms with van der Waals surface area (Å²) in [5, 5.41) is 4.02. The number of benzene rings is 1. The normalized spacial score (nSPS) is 17.7. The van der Waals surface area contributed by atoms with Crippen molar-refractivity contribution in [3.05, 3.63) is 59.7 Å². The van der Waals surface area contributed by atoms with Crippen LogP contribution in [-0.4, -0.2) is 26.7 Å². The number of nitrogens with one attached hydrogen (secondary N) is 1. The molecule has 1 aromatic heterocycles. The predicted octanol–water partition coefficient (Wildman–Crippen LogP) is 3.71. The molecule has 0 saturated heterocycles. The number of rotatable bonds is 1. The van der Waals surface area contributed by atoms with E-state index >= 15 is 0 Å². The fraction of sp³-hybridized carbons (Fsp3) is 0.389. The van der Waals surface area contributed by atoms with Crippen LogP contribution in [-0.2, 0) is 6.54 Å². The monoisotopic (exact) mass is 331 g/mol. The molecule has 0 bridgehead atoms. The van der Waals surface area contributed by atoms with E-state index in [2.05, 4.69) is 35.6 Å². The highest BCUT2D eigenvalue weighted by Crippen LogP contribution is 2.34. The molecule has 1 aliphatic rings. The Morgan fingerprint density at radius 1 is 1.17 bits per heavy atom. The van der Waals surface area contributed by atoms with Crippen LogP contribution in [0.1, 0.15) is 38.1 Å². The molecule has 0 saturated carbocycles. The second-order valence-corrected chi connectivity index (χ2v) is 7.31. The highest BCUT2D eigenvalue weighted by molar-refractivity contribution is 7.80. The minimum Gasteiger partial charge on any atom is -0.358 e. The predicted molar refractivity (Wildman–Crippen MR) is 94.9 cm³/mol. The number of aromatic nitrogens is 1. The lowest BCUT2D eigenvalue weighted by molar-refractivity contribution is 0.273. The molecule has 1 aromatic carbocycles. The van der Waals surface area contributed by atoms with Gasteiger partial charge in [-0.1, -0.05) is 18.2 Å². The maximum Gasteiger partial charge on any atom is 0.170 e. The van der Waals surface area contributed by atoms with Crippen LogP contribution in [0.2, 0.25) is 0 Å². The summed E-state index contributed by atoms with van der Waals surface area (Å²) >= 11 is 5.63. The zero-order valence-corrected chi connectivity index (χ0v) is 14.5. The number of hydrogen-bond acceptors (Lipinski definition) is 1. The van der Waals surface area contributed by atoms with Gasteiger partial charge >= 0.3 is 0 Å². The average molecular weight is 331 g/mol. The lowest BCUT2D eigenvalue weighted by atomic mass is 9.99. The molecule has 3 rings (SSSR count). The summed E-state index contributed by atoms with van der Waals surface area (Å²) in [6.45, 7) is 7.82. The van der Waals surface area contributed by atoms with E-state index in [-0.39, 0.29) is 17.4 Å². The number of nitrogens with zero attached hydrogens (tertiary/aromatic N) is 2. The molecule has 1 N–H and O–H groups in total. The zero-order chi connectivity index (χ0) is 16.6. The van der Waals surface area contributed by atoms with Gasteiger partial charge < -0.3 is 14.8 Å². The second kappa shape index (κ2) is 5.96. The lowest BCUT2D eigenvalue weighted by Gasteiger charge is -2.40. The van der Waals surface area contributed by atoms with Gasteiger partial charge in [0.05, 0.1) is 6.04 Å². The molecule has 1 atom stereocenters. The third-order valence-electron chi connectivity index (χ3n) is 3.98. The van der Waals surface area contributed by atoms with Gasteiger partial charge in [-0.15, -0.1) is 0 Å². The fourth-order valence-electron chi connectivity index (χ4n) is 3.02. The summed E-state index contributed by atoms with van der Waals surface area (Å²) < 4.78 is 16.6. The maximum atomic E-state index is 14.4. The molecule has 0 spiro atoms. The first kappa shape index (κ1) is 16.0. The van der Waals surface area contributed by atoms with Crippen molar-refractivity contribution in [3.8, 4) is 0 Å². The van der Waals surface area contributed by atoms with E-state index in [0.29, 0.717) is 10.7 Å². The van der Waals surface area contributed by atoms with Crippen molar-refractivity contribution in [1.29, 1.82) is 0 Å². The summed E-state index contributed by atoms with van der Waals surface area (Å²) in [6, 6.07) is 10.8. The Morgan fingerprint density at radius 2 is 1.91 bits per heavy atom. The van der Waals surface area contributed by atoms with Crippen LogP contribution in [0.15, 0.2) is 42.6 Å². The molecular formula is C18H22FN3S. The van der Waals surface area contributed by atoms with Crippen molar-refractivity contribution >= 4 is 17.3 Å². The molecule has 0 aliphatic carbocycles. The van der Waals surface area contributed by atoms with Crippen molar-refractivity contribution in [3.63, 3.8) is 0 Å². The van der Waals surface area contributed by atoms with Gasteiger partial charge in [0.25, 0.3) is 0 Å². The van der Waals surface area contributed by atoms with Gasteiger partial charge in [0.1, 0.15) is 5.82 Å². The summed E-state index contributed by atoms with van der Waals surface area (Å²) in [7, 11) is 0. The standard InChI is InChI=1S/C18H22FN3S/c1-18(2,3)20-17(23)22-12-11-21-10-6-9-15(21)16(22)13-7-4-5-8-14(13)19/h4-10,16H,11-12H2,1-3H3,(H,20,23). The van der Waals surface area contributed by atoms with Gasteiger partial charge in [0, 0.05) is 36.1 Å². The van der Waals surface area contributed by atoms with Gasteiger partial charge in [-0.05, 0) is 51.2 Å². The van der Waals surface area contributed by atoms with E-state index in [0.717, 1.165) is 18.8 Å². The zero-order valence-electron chi connectivity index (χ0n) is 13.7. The number of hydrogen-bond donors (Lipinski definition) is 1. The minimum absolute atomic E-state index is 0.129. The summed E-state index contributed by atoms with van der Waals surface area (Å²) in [6.07, 6.45) is 2.04. The molecule has 1 aliphatic heterocycles. The van der Waals surface area contributed by atoms with Crippen molar-refractivity contribution in [1.82, 2.24) is 14.8 Å². The molecule has 23 heavy (non-hydrogen) atoms. The summed E-state index contributed by atoms with van der Waals surface area (Å²) in [5.41, 5.74) is 1.60. The molecule has 2 aromatic rings. The van der Waals surface area contributed by atoms with Crippen LogP contribution in [0.25, 0.3) is 0 Å². The molecule has 2 heterocycles. The smallest absolute Gasteiger partial charge is 0.170 e. The van der Waals surface area contributed by atoms with Gasteiger partial charge in [-0.2, -0.15) is 0 Å². The molecule has 0 fully saturated rings. The third kappa shape index (κ3) is 3.24. The first-order valence-electron chi connectivity index (χ1n) is 7.85. The van der Waals surface area contributed by atoms with Crippen LogP contribution in [0.5, 0.6) is 0 Å². The Balaban J connectivity index is 2.02. The van der Waals surface area contributed by atoms with E-state index in [1.165, 1.54) is 6.07 Å². The van der Waals surface area contributed by atoms with Gasteiger partial charge in [-0.3, -0.25) is 0 Å². The highest BCUT2D eigenvalue weighted by Gasteiger charge is 2.33. The van der Waals surface area contributed by atoms with Crippen LogP contribution in [0.3, 0.4) is 0 Å². The third-order valence-corrected chi connectivity index (χ3v) is 4.32. The molecule has 122 valence electrons. The molecule has 0 radical (unpaired) electrons. The van der Waals surface area contributed by atoms with Crippen LogP contribution in [0.4, 0.5) is 4.39 Å². The van der Waals surface area contributed by atoms with Crippen LogP contribution in [0, 0.1) is 5.82 Å². The van der Waals surface area contributed by atoms with E-state index in [1.807, 2.05) is 30.5 Å². The Hall–Kier alpha value is -1.88. The quantitative estimate of drug-likeness (QED) is 0.805. The van der Waals surface area contributed by atoms with Crippen molar-refractivity contribution < 1.29 is 4.39 Å². The number of fused-ring (bicyclic) bond motifs is 1. The Labute approximate surface area is 142 Å². The fourth-order valence-corrected chi connectivity index (χ4v) is 3.52. The van der Waals surface area contributed by atoms with Crippen molar-refractivity contribution in [2.45, 2.75) is 38.9 Å². The molecular weight excluding hydrogens is 309 g/mol. The topological polar surface area (TPSA) is 20.2 Å². The SMILES string of the molecule is CC(C)(C)NC(=S)N1CCn2cccc2C1c1ccccc1F. The van der Waals surface area contributed by atoms with Gasteiger partial charge in [0.15, 0.2) is 5.11 Å². The highest BCUT2D eigenvalue weighted by atomic mass is 32.1. The first-order valence-corrected chi connectivity index (χ1v) is 8.26. The van der Waals surface area contributed by atoms with Crippen molar-refractivity contribution in [2.75, 3.05) is 6.54 Å². The second-order valence-electron chi connectivity index (χ2n) is 6.92. The van der Waals surface area contributed by atoms with E-state index < -0.39 is 0 Å². The number of halogens is 1. The average Bonchev–Trinajstić information content (AvgIpc) is 2.93. The summed E-state index contributed by atoms with van der Waals surface area (Å²) in [4.78, 5) is 2.09.